The zero-order valence-electron chi connectivity index (χ0n) is 12.7. The van der Waals surface area contributed by atoms with E-state index in [1.165, 1.54) is 0 Å². The molecule has 120 valence electrons. The summed E-state index contributed by atoms with van der Waals surface area (Å²) in [4.78, 5) is 34.6. The van der Waals surface area contributed by atoms with Crippen molar-refractivity contribution in [1.29, 1.82) is 0 Å². The van der Waals surface area contributed by atoms with Crippen LogP contribution in [0.1, 0.15) is 25.8 Å². The standard InChI is InChI=1S/C16H21NO5/c1-10(2)8-13(16(21)22)17-14(18)12(15(19)20)9-11-6-4-3-5-7-11/h3-7,10,12-13H,8-9H2,1-2H3,(H,17,18)(H,19,20)(H,21,22)/t12-,13-/m0/s1. The predicted octanol–water partition coefficient (Wildman–Crippen LogP) is 1.55. The third-order valence-electron chi connectivity index (χ3n) is 3.22. The van der Waals surface area contributed by atoms with Gasteiger partial charge in [-0.15, -0.1) is 0 Å². The summed E-state index contributed by atoms with van der Waals surface area (Å²) in [6.45, 7) is 3.67. The Morgan fingerprint density at radius 3 is 2.09 bits per heavy atom. The first kappa shape index (κ1) is 17.7. The number of carboxylic acid groups (broad SMARTS) is 2. The van der Waals surface area contributed by atoms with Crippen LogP contribution >= 0.6 is 0 Å². The van der Waals surface area contributed by atoms with Gasteiger partial charge in [-0.05, 0) is 24.3 Å². The van der Waals surface area contributed by atoms with E-state index >= 15 is 0 Å². The summed E-state index contributed by atoms with van der Waals surface area (Å²) >= 11 is 0. The normalized spacial score (nSPS) is 13.4. The number of rotatable bonds is 8. The Balaban J connectivity index is 2.80. The number of hydrogen-bond acceptors (Lipinski definition) is 3. The van der Waals surface area contributed by atoms with E-state index in [0.717, 1.165) is 0 Å². The van der Waals surface area contributed by atoms with E-state index in [0.29, 0.717) is 5.56 Å². The molecule has 1 amide bonds. The molecule has 1 aromatic rings. The second kappa shape index (κ2) is 8.17. The number of nitrogens with one attached hydrogen (secondary N) is 1. The minimum atomic E-state index is -1.31. The van der Waals surface area contributed by atoms with Crippen molar-refractivity contribution in [3.8, 4) is 0 Å². The van der Waals surface area contributed by atoms with Crippen LogP contribution in [-0.4, -0.2) is 34.1 Å². The fourth-order valence-corrected chi connectivity index (χ4v) is 2.11. The van der Waals surface area contributed by atoms with Crippen molar-refractivity contribution >= 4 is 17.8 Å². The first-order valence-electron chi connectivity index (χ1n) is 7.11. The van der Waals surface area contributed by atoms with Crippen LogP contribution in [0.2, 0.25) is 0 Å². The molecule has 0 spiro atoms. The molecule has 1 aromatic carbocycles. The average molecular weight is 307 g/mol. The van der Waals surface area contributed by atoms with E-state index in [1.54, 1.807) is 30.3 Å². The van der Waals surface area contributed by atoms with Gasteiger partial charge in [0.05, 0.1) is 0 Å². The number of benzene rings is 1. The number of hydrogen-bond donors (Lipinski definition) is 3. The van der Waals surface area contributed by atoms with Crippen LogP contribution in [-0.2, 0) is 20.8 Å². The van der Waals surface area contributed by atoms with Gasteiger partial charge in [0.2, 0.25) is 5.91 Å². The van der Waals surface area contributed by atoms with Crippen molar-refractivity contribution in [3.05, 3.63) is 35.9 Å². The minimum absolute atomic E-state index is 0.0238. The van der Waals surface area contributed by atoms with E-state index in [1.807, 2.05) is 13.8 Å². The summed E-state index contributed by atoms with van der Waals surface area (Å²) < 4.78 is 0. The van der Waals surface area contributed by atoms with Crippen molar-refractivity contribution in [2.24, 2.45) is 11.8 Å². The van der Waals surface area contributed by atoms with E-state index in [2.05, 4.69) is 5.32 Å². The van der Waals surface area contributed by atoms with Gasteiger partial charge < -0.3 is 15.5 Å². The molecule has 22 heavy (non-hydrogen) atoms. The lowest BCUT2D eigenvalue weighted by Crippen LogP contribution is -2.46. The highest BCUT2D eigenvalue weighted by Gasteiger charge is 2.30. The molecule has 0 aliphatic rings. The largest absolute Gasteiger partial charge is 0.481 e. The molecule has 0 radical (unpaired) electrons. The fourth-order valence-electron chi connectivity index (χ4n) is 2.11. The van der Waals surface area contributed by atoms with Crippen LogP contribution < -0.4 is 5.32 Å². The van der Waals surface area contributed by atoms with Crippen LogP contribution in [0.4, 0.5) is 0 Å². The third kappa shape index (κ3) is 5.55. The Kier molecular flexibility index (Phi) is 6.56. The molecule has 6 heteroatoms. The molecule has 6 nitrogen and oxygen atoms in total. The molecular weight excluding hydrogens is 286 g/mol. The summed E-state index contributed by atoms with van der Waals surface area (Å²) in [5.74, 6) is -4.44. The van der Waals surface area contributed by atoms with Crippen LogP contribution in [0.5, 0.6) is 0 Å². The number of carbonyl (C=O) groups is 3. The molecule has 1 rings (SSSR count). The Morgan fingerprint density at radius 1 is 1.05 bits per heavy atom. The molecule has 0 bridgehead atoms. The predicted molar refractivity (Wildman–Crippen MR) is 80.3 cm³/mol. The second-order valence-electron chi connectivity index (χ2n) is 5.61. The highest BCUT2D eigenvalue weighted by Crippen LogP contribution is 2.11. The highest BCUT2D eigenvalue weighted by atomic mass is 16.4. The molecule has 0 aliphatic heterocycles. The molecule has 0 heterocycles. The zero-order valence-corrected chi connectivity index (χ0v) is 12.7. The molecule has 0 aromatic heterocycles. The minimum Gasteiger partial charge on any atom is -0.481 e. The van der Waals surface area contributed by atoms with E-state index in [4.69, 9.17) is 5.11 Å². The Bertz CT molecular complexity index is 527. The molecule has 0 aliphatic carbocycles. The summed E-state index contributed by atoms with van der Waals surface area (Å²) in [6.07, 6.45) is 0.273. The smallest absolute Gasteiger partial charge is 0.326 e. The van der Waals surface area contributed by atoms with Crippen LogP contribution in [0.15, 0.2) is 30.3 Å². The number of carboxylic acids is 2. The lowest BCUT2D eigenvalue weighted by Gasteiger charge is -2.19. The fraction of sp³-hybridized carbons (Fsp3) is 0.438. The summed E-state index contributed by atoms with van der Waals surface area (Å²) in [5.41, 5.74) is 0.709. The zero-order chi connectivity index (χ0) is 16.7. The van der Waals surface area contributed by atoms with E-state index in [9.17, 15) is 19.5 Å². The van der Waals surface area contributed by atoms with Gasteiger partial charge in [-0.25, -0.2) is 4.79 Å². The third-order valence-corrected chi connectivity index (χ3v) is 3.22. The van der Waals surface area contributed by atoms with Gasteiger partial charge in [0.1, 0.15) is 12.0 Å². The van der Waals surface area contributed by atoms with Gasteiger partial charge in [0, 0.05) is 0 Å². The van der Waals surface area contributed by atoms with Crippen molar-refractivity contribution in [2.75, 3.05) is 0 Å². The molecule has 0 saturated heterocycles. The molecule has 0 fully saturated rings. The number of carbonyl (C=O) groups excluding carboxylic acids is 1. The summed E-state index contributed by atoms with van der Waals surface area (Å²) in [6, 6.07) is 7.68. The SMILES string of the molecule is CC(C)C[C@H](NC(=O)[C@H](Cc1ccccc1)C(=O)O)C(=O)O. The summed E-state index contributed by atoms with van der Waals surface area (Å²) in [5, 5.41) is 20.7. The highest BCUT2D eigenvalue weighted by molar-refractivity contribution is 5.98. The first-order chi connectivity index (χ1) is 10.3. The molecule has 0 unspecified atom stereocenters. The maximum atomic E-state index is 12.1. The van der Waals surface area contributed by atoms with Crippen LogP contribution in [0.3, 0.4) is 0 Å². The maximum Gasteiger partial charge on any atom is 0.326 e. The lowest BCUT2D eigenvalue weighted by atomic mass is 9.97. The summed E-state index contributed by atoms with van der Waals surface area (Å²) in [7, 11) is 0. The number of aliphatic carboxylic acids is 2. The average Bonchev–Trinajstić information content (AvgIpc) is 2.44. The van der Waals surface area contributed by atoms with Gasteiger partial charge in [0.15, 0.2) is 0 Å². The topological polar surface area (TPSA) is 104 Å². The monoisotopic (exact) mass is 307 g/mol. The van der Waals surface area contributed by atoms with Crippen molar-refractivity contribution in [2.45, 2.75) is 32.7 Å². The maximum absolute atomic E-state index is 12.1. The second-order valence-corrected chi connectivity index (χ2v) is 5.61. The number of amides is 1. The first-order valence-corrected chi connectivity index (χ1v) is 7.11. The molecule has 3 N–H and O–H groups in total. The molecule has 2 atom stereocenters. The van der Waals surface area contributed by atoms with Crippen molar-refractivity contribution in [1.82, 2.24) is 5.32 Å². The van der Waals surface area contributed by atoms with E-state index < -0.39 is 29.8 Å². The van der Waals surface area contributed by atoms with Crippen LogP contribution in [0, 0.1) is 11.8 Å². The van der Waals surface area contributed by atoms with Gasteiger partial charge in [0.25, 0.3) is 0 Å². The molecule has 0 saturated carbocycles. The Hall–Kier alpha value is -2.37. The van der Waals surface area contributed by atoms with Gasteiger partial charge in [-0.2, -0.15) is 0 Å². The van der Waals surface area contributed by atoms with Crippen LogP contribution in [0.25, 0.3) is 0 Å². The van der Waals surface area contributed by atoms with Crippen molar-refractivity contribution in [3.63, 3.8) is 0 Å². The van der Waals surface area contributed by atoms with Gasteiger partial charge in [-0.1, -0.05) is 44.2 Å². The van der Waals surface area contributed by atoms with E-state index in [-0.39, 0.29) is 18.8 Å². The quantitative estimate of drug-likeness (QED) is 0.632. The Morgan fingerprint density at radius 2 is 1.64 bits per heavy atom. The van der Waals surface area contributed by atoms with Gasteiger partial charge in [-0.3, -0.25) is 9.59 Å². The Labute approximate surface area is 129 Å². The lowest BCUT2D eigenvalue weighted by molar-refractivity contribution is -0.150. The van der Waals surface area contributed by atoms with Gasteiger partial charge >= 0.3 is 11.9 Å². The molecular formula is C16H21NO5. The van der Waals surface area contributed by atoms with Crippen molar-refractivity contribution < 1.29 is 24.6 Å².